The highest BCUT2D eigenvalue weighted by molar-refractivity contribution is 6.42. The van der Waals surface area contributed by atoms with Gasteiger partial charge in [-0.15, -0.1) is 0 Å². The topological polar surface area (TPSA) is 48.7 Å². The maximum atomic E-state index is 9.41. The Morgan fingerprint density at radius 3 is 2.57 bits per heavy atom. The molecular weight excluding hydrogens is 309 g/mol. The average Bonchev–Trinajstić information content (AvgIpc) is 2.85. The van der Waals surface area contributed by atoms with Crippen molar-refractivity contribution in [1.82, 2.24) is 4.98 Å². The Morgan fingerprint density at radius 1 is 1.19 bits per heavy atom. The highest BCUT2D eigenvalue weighted by Gasteiger charge is 2.28. The van der Waals surface area contributed by atoms with E-state index in [2.05, 4.69) is 10.1 Å². The minimum Gasteiger partial charge on any atom is -0.508 e. The van der Waals surface area contributed by atoms with Crippen LogP contribution in [-0.4, -0.2) is 15.8 Å². The van der Waals surface area contributed by atoms with Crippen molar-refractivity contribution >= 4 is 34.7 Å². The molecule has 1 N–H and O–H groups in total. The summed E-state index contributed by atoms with van der Waals surface area (Å²) in [6.45, 7) is 1.98. The summed E-state index contributed by atoms with van der Waals surface area (Å²) < 4.78 is 0. The van der Waals surface area contributed by atoms with E-state index in [0.29, 0.717) is 15.9 Å². The first-order valence-electron chi connectivity index (χ1n) is 6.48. The van der Waals surface area contributed by atoms with Crippen LogP contribution in [0, 0.1) is 0 Å². The molecule has 1 atom stereocenters. The third-order valence-corrected chi connectivity index (χ3v) is 4.08. The monoisotopic (exact) mass is 321 g/mol. The fraction of sp³-hybridized carbons (Fsp3) is 0.200. The molecule has 1 aromatic heterocycles. The van der Waals surface area contributed by atoms with Crippen molar-refractivity contribution in [2.75, 3.05) is 5.01 Å². The number of phenolic OH excluding ortho intramolecular Hbond substituents is 1. The second kappa shape index (κ2) is 5.54. The summed E-state index contributed by atoms with van der Waals surface area (Å²) in [5, 5.41) is 16.7. The molecule has 0 aliphatic carbocycles. The van der Waals surface area contributed by atoms with Gasteiger partial charge >= 0.3 is 0 Å². The van der Waals surface area contributed by atoms with Crippen LogP contribution in [0.1, 0.15) is 24.9 Å². The van der Waals surface area contributed by atoms with Crippen molar-refractivity contribution in [3.63, 3.8) is 0 Å². The lowest BCUT2D eigenvalue weighted by molar-refractivity contribution is 0.475. The van der Waals surface area contributed by atoms with Crippen LogP contribution in [-0.2, 0) is 0 Å². The Kier molecular flexibility index (Phi) is 3.74. The zero-order valence-corrected chi connectivity index (χ0v) is 12.8. The smallest absolute Gasteiger partial charge is 0.150 e. The van der Waals surface area contributed by atoms with Gasteiger partial charge in [-0.25, -0.2) is 9.99 Å². The van der Waals surface area contributed by atoms with E-state index in [1.807, 2.05) is 24.1 Å². The minimum absolute atomic E-state index is 0.0374. The number of phenols is 1. The van der Waals surface area contributed by atoms with Crippen LogP contribution in [0.3, 0.4) is 0 Å². The number of hydrazone groups is 1. The predicted molar refractivity (Wildman–Crippen MR) is 85.3 cm³/mol. The SMILES string of the molecule is CC1=NN(c2cc(Cl)c(Cl)cn2)C(c2ccc(O)cc2)C1. The first-order valence-corrected chi connectivity index (χ1v) is 7.23. The normalized spacial score (nSPS) is 18.0. The third-order valence-electron chi connectivity index (χ3n) is 3.37. The molecule has 0 saturated heterocycles. The van der Waals surface area contributed by atoms with Gasteiger partial charge in [0.1, 0.15) is 5.75 Å². The molecule has 1 aliphatic heterocycles. The van der Waals surface area contributed by atoms with Gasteiger partial charge in [0.2, 0.25) is 0 Å². The molecule has 3 rings (SSSR count). The molecule has 0 spiro atoms. The lowest BCUT2D eigenvalue weighted by Gasteiger charge is -2.23. The number of rotatable bonds is 2. The van der Waals surface area contributed by atoms with Gasteiger partial charge in [0, 0.05) is 24.4 Å². The quantitative estimate of drug-likeness (QED) is 0.890. The second-order valence-electron chi connectivity index (χ2n) is 4.95. The Hall–Kier alpha value is -1.78. The van der Waals surface area contributed by atoms with Crippen molar-refractivity contribution in [1.29, 1.82) is 0 Å². The molecule has 2 heterocycles. The summed E-state index contributed by atoms with van der Waals surface area (Å²) in [7, 11) is 0. The fourth-order valence-electron chi connectivity index (χ4n) is 2.36. The summed E-state index contributed by atoms with van der Waals surface area (Å²) in [5.41, 5.74) is 2.07. The van der Waals surface area contributed by atoms with E-state index in [1.165, 1.54) is 6.20 Å². The predicted octanol–water partition coefficient (Wildman–Crippen LogP) is 4.42. The number of aromatic hydroxyl groups is 1. The number of nitrogens with zero attached hydrogens (tertiary/aromatic N) is 3. The summed E-state index contributed by atoms with van der Waals surface area (Å²) in [6, 6.07) is 8.86. The first kappa shape index (κ1) is 14.2. The maximum Gasteiger partial charge on any atom is 0.150 e. The van der Waals surface area contributed by atoms with Gasteiger partial charge in [0.15, 0.2) is 5.82 Å². The lowest BCUT2D eigenvalue weighted by Crippen LogP contribution is -2.19. The van der Waals surface area contributed by atoms with Crippen molar-refractivity contribution in [2.24, 2.45) is 5.10 Å². The molecular formula is C15H13Cl2N3O. The molecule has 0 saturated carbocycles. The summed E-state index contributed by atoms with van der Waals surface area (Å²) in [6.07, 6.45) is 2.32. The zero-order chi connectivity index (χ0) is 15.0. The molecule has 6 heteroatoms. The van der Waals surface area contributed by atoms with E-state index in [1.54, 1.807) is 18.2 Å². The Labute approximate surface area is 132 Å². The van der Waals surface area contributed by atoms with Crippen LogP contribution in [0.4, 0.5) is 5.82 Å². The molecule has 0 amide bonds. The van der Waals surface area contributed by atoms with Gasteiger partial charge in [-0.1, -0.05) is 35.3 Å². The molecule has 1 aliphatic rings. The highest BCUT2D eigenvalue weighted by Crippen LogP contribution is 2.36. The van der Waals surface area contributed by atoms with Crippen molar-refractivity contribution < 1.29 is 5.11 Å². The van der Waals surface area contributed by atoms with Crippen LogP contribution in [0.5, 0.6) is 5.75 Å². The minimum atomic E-state index is 0.0374. The van der Waals surface area contributed by atoms with Crippen LogP contribution < -0.4 is 5.01 Å². The Bertz CT molecular complexity index is 701. The van der Waals surface area contributed by atoms with Crippen LogP contribution >= 0.6 is 23.2 Å². The molecule has 21 heavy (non-hydrogen) atoms. The van der Waals surface area contributed by atoms with Gasteiger partial charge in [-0.3, -0.25) is 0 Å². The average molecular weight is 322 g/mol. The number of aromatic nitrogens is 1. The molecule has 0 fully saturated rings. The van der Waals surface area contributed by atoms with Crippen molar-refractivity contribution in [3.8, 4) is 5.75 Å². The number of hydrogen-bond acceptors (Lipinski definition) is 4. The number of hydrogen-bond donors (Lipinski definition) is 1. The summed E-state index contributed by atoms with van der Waals surface area (Å²) in [4.78, 5) is 4.30. The molecule has 1 unspecified atom stereocenters. The molecule has 1 aromatic carbocycles. The van der Waals surface area contributed by atoms with E-state index < -0.39 is 0 Å². The fourth-order valence-corrected chi connectivity index (χ4v) is 2.61. The van der Waals surface area contributed by atoms with Crippen LogP contribution in [0.25, 0.3) is 0 Å². The third kappa shape index (κ3) is 2.82. The maximum absolute atomic E-state index is 9.41. The first-order chi connectivity index (χ1) is 10.0. The lowest BCUT2D eigenvalue weighted by atomic mass is 10.0. The molecule has 0 radical (unpaired) electrons. The summed E-state index contributed by atoms with van der Waals surface area (Å²) >= 11 is 12.0. The Balaban J connectivity index is 1.98. The highest BCUT2D eigenvalue weighted by atomic mass is 35.5. The zero-order valence-electron chi connectivity index (χ0n) is 11.3. The van der Waals surface area contributed by atoms with Gasteiger partial charge in [-0.05, 0) is 24.6 Å². The molecule has 4 nitrogen and oxygen atoms in total. The molecule has 0 bridgehead atoms. The Morgan fingerprint density at radius 2 is 1.90 bits per heavy atom. The van der Waals surface area contributed by atoms with E-state index >= 15 is 0 Å². The van der Waals surface area contributed by atoms with Gasteiger partial charge < -0.3 is 5.11 Å². The number of anilines is 1. The van der Waals surface area contributed by atoms with E-state index in [4.69, 9.17) is 23.2 Å². The number of benzene rings is 1. The summed E-state index contributed by atoms with van der Waals surface area (Å²) in [5.74, 6) is 0.896. The van der Waals surface area contributed by atoms with Crippen LogP contribution in [0.15, 0.2) is 41.6 Å². The molecule has 2 aromatic rings. The van der Waals surface area contributed by atoms with Gasteiger partial charge in [0.25, 0.3) is 0 Å². The van der Waals surface area contributed by atoms with Crippen molar-refractivity contribution in [3.05, 3.63) is 52.1 Å². The van der Waals surface area contributed by atoms with E-state index in [0.717, 1.165) is 17.7 Å². The largest absolute Gasteiger partial charge is 0.508 e. The number of halogens is 2. The second-order valence-corrected chi connectivity index (χ2v) is 5.76. The number of pyridine rings is 1. The standard InChI is InChI=1S/C15H13Cl2N3O/c1-9-6-14(10-2-4-11(21)5-3-10)20(19-9)15-7-12(16)13(17)8-18-15/h2-5,7-8,14,21H,6H2,1H3. The van der Waals surface area contributed by atoms with E-state index in [9.17, 15) is 5.11 Å². The van der Waals surface area contributed by atoms with Gasteiger partial charge in [0.05, 0.1) is 16.1 Å². The molecule has 108 valence electrons. The van der Waals surface area contributed by atoms with Gasteiger partial charge in [-0.2, -0.15) is 5.10 Å². The van der Waals surface area contributed by atoms with Crippen molar-refractivity contribution in [2.45, 2.75) is 19.4 Å². The van der Waals surface area contributed by atoms with Crippen LogP contribution in [0.2, 0.25) is 10.0 Å². The van der Waals surface area contributed by atoms with E-state index in [-0.39, 0.29) is 11.8 Å².